The van der Waals surface area contributed by atoms with Crippen molar-refractivity contribution < 1.29 is 4.79 Å². The summed E-state index contributed by atoms with van der Waals surface area (Å²) in [6, 6.07) is 0. The van der Waals surface area contributed by atoms with Crippen LogP contribution in [0.4, 0.5) is 5.69 Å². The first kappa shape index (κ1) is 13.8. The van der Waals surface area contributed by atoms with Crippen molar-refractivity contribution >= 4 is 11.6 Å². The molecule has 0 aliphatic heterocycles. The van der Waals surface area contributed by atoms with E-state index in [-0.39, 0.29) is 11.8 Å². The zero-order valence-corrected chi connectivity index (χ0v) is 11.9. The summed E-state index contributed by atoms with van der Waals surface area (Å²) in [6.45, 7) is 4.79. The van der Waals surface area contributed by atoms with E-state index in [0.29, 0.717) is 23.1 Å². The Morgan fingerprint density at radius 1 is 1.47 bits per heavy atom. The maximum Gasteiger partial charge on any atom is 0.272 e. The molecule has 1 fully saturated rings. The maximum absolute atomic E-state index is 12.2. The van der Waals surface area contributed by atoms with Gasteiger partial charge in [0.25, 0.3) is 5.91 Å². The second-order valence-electron chi connectivity index (χ2n) is 5.40. The van der Waals surface area contributed by atoms with Gasteiger partial charge in [0.05, 0.1) is 11.9 Å². The van der Waals surface area contributed by atoms with Gasteiger partial charge in [-0.3, -0.25) is 4.79 Å². The molecule has 1 aromatic rings. The number of nitrogens with one attached hydrogen (secondary N) is 2. The lowest BCUT2D eigenvalue weighted by atomic mass is 9.85. The van der Waals surface area contributed by atoms with Crippen LogP contribution in [-0.4, -0.2) is 29.5 Å². The third-order valence-electron chi connectivity index (χ3n) is 3.58. The van der Waals surface area contributed by atoms with E-state index in [0.717, 1.165) is 6.54 Å². The second-order valence-corrected chi connectivity index (χ2v) is 5.40. The predicted molar refractivity (Wildman–Crippen MR) is 75.3 cm³/mol. The van der Waals surface area contributed by atoms with Crippen LogP contribution in [0.3, 0.4) is 0 Å². The van der Waals surface area contributed by atoms with Crippen molar-refractivity contribution in [2.45, 2.75) is 39.0 Å². The summed E-state index contributed by atoms with van der Waals surface area (Å²) in [4.78, 5) is 20.8. The number of anilines is 1. The number of aromatic nitrogens is 2. The number of rotatable bonds is 5. The molecule has 1 saturated carbocycles. The van der Waals surface area contributed by atoms with Crippen LogP contribution in [0.2, 0.25) is 0 Å². The molecule has 1 aliphatic carbocycles. The number of amides is 1. The minimum Gasteiger partial charge on any atom is -0.385 e. The highest BCUT2D eigenvalue weighted by Crippen LogP contribution is 2.25. The average molecular weight is 262 g/mol. The Labute approximate surface area is 114 Å². The fraction of sp³-hybridized carbons (Fsp3) is 0.643. The van der Waals surface area contributed by atoms with E-state index in [4.69, 9.17) is 0 Å². The topological polar surface area (TPSA) is 66.9 Å². The minimum atomic E-state index is -0.111. The summed E-state index contributed by atoms with van der Waals surface area (Å²) in [5, 5.41) is 5.94. The Kier molecular flexibility index (Phi) is 4.35. The van der Waals surface area contributed by atoms with Gasteiger partial charge in [0.15, 0.2) is 5.69 Å². The van der Waals surface area contributed by atoms with Crippen molar-refractivity contribution in [1.82, 2.24) is 15.3 Å². The summed E-state index contributed by atoms with van der Waals surface area (Å²) >= 11 is 0. The third-order valence-corrected chi connectivity index (χ3v) is 3.58. The first-order chi connectivity index (χ1) is 9.11. The van der Waals surface area contributed by atoms with Gasteiger partial charge < -0.3 is 10.6 Å². The Morgan fingerprint density at radius 2 is 2.21 bits per heavy atom. The molecule has 0 radical (unpaired) electrons. The molecule has 5 nitrogen and oxygen atoms in total. The number of hydrogen-bond acceptors (Lipinski definition) is 4. The van der Waals surface area contributed by atoms with Crippen LogP contribution in [-0.2, 0) is 0 Å². The molecule has 2 rings (SSSR count). The van der Waals surface area contributed by atoms with Crippen molar-refractivity contribution in [2.24, 2.45) is 5.92 Å². The highest BCUT2D eigenvalue weighted by molar-refractivity contribution is 5.97. The number of hydrogen-bond donors (Lipinski definition) is 2. The lowest BCUT2D eigenvalue weighted by Gasteiger charge is -2.25. The number of nitrogens with zero attached hydrogens (tertiary/aromatic N) is 2. The first-order valence-electron chi connectivity index (χ1n) is 6.94. The van der Waals surface area contributed by atoms with E-state index in [9.17, 15) is 4.79 Å². The third kappa shape index (κ3) is 3.22. The van der Waals surface area contributed by atoms with Crippen molar-refractivity contribution in [3.8, 4) is 0 Å². The molecule has 0 unspecified atom stereocenters. The number of carbonyl (C=O) groups is 1. The molecule has 104 valence electrons. The quantitative estimate of drug-likeness (QED) is 0.853. The zero-order chi connectivity index (χ0) is 13.8. The highest BCUT2D eigenvalue weighted by Gasteiger charge is 2.20. The van der Waals surface area contributed by atoms with Crippen molar-refractivity contribution in [2.75, 3.05) is 18.9 Å². The van der Waals surface area contributed by atoms with Crippen LogP contribution in [0.25, 0.3) is 0 Å². The van der Waals surface area contributed by atoms with Gasteiger partial charge in [0.2, 0.25) is 0 Å². The largest absolute Gasteiger partial charge is 0.385 e. The van der Waals surface area contributed by atoms with Gasteiger partial charge >= 0.3 is 0 Å². The van der Waals surface area contributed by atoms with Gasteiger partial charge in [-0.15, -0.1) is 0 Å². The van der Waals surface area contributed by atoms with Crippen LogP contribution in [0.15, 0.2) is 6.20 Å². The molecule has 1 aromatic heterocycles. The second kappa shape index (κ2) is 5.99. The van der Waals surface area contributed by atoms with E-state index in [1.165, 1.54) is 19.3 Å². The maximum atomic E-state index is 12.2. The van der Waals surface area contributed by atoms with Crippen molar-refractivity contribution in [3.05, 3.63) is 17.7 Å². The SMILES string of the molecule is CNc1cnc(C(C)C)nc1C(=O)NCC1CCC1. The average Bonchev–Trinajstić information content (AvgIpc) is 2.35. The zero-order valence-electron chi connectivity index (χ0n) is 11.9. The summed E-state index contributed by atoms with van der Waals surface area (Å²) < 4.78 is 0. The molecule has 5 heteroatoms. The minimum absolute atomic E-state index is 0.111. The fourth-order valence-corrected chi connectivity index (χ4v) is 2.05. The van der Waals surface area contributed by atoms with E-state index < -0.39 is 0 Å². The van der Waals surface area contributed by atoms with Crippen LogP contribution < -0.4 is 10.6 Å². The van der Waals surface area contributed by atoms with Crippen LogP contribution >= 0.6 is 0 Å². The Bertz CT molecular complexity index is 455. The molecular formula is C14H22N4O. The summed E-state index contributed by atoms with van der Waals surface area (Å²) in [5.74, 6) is 1.45. The van der Waals surface area contributed by atoms with Gasteiger partial charge in [-0.1, -0.05) is 20.3 Å². The lowest BCUT2D eigenvalue weighted by molar-refractivity contribution is 0.0934. The summed E-state index contributed by atoms with van der Waals surface area (Å²) in [5.41, 5.74) is 1.12. The predicted octanol–water partition coefficient (Wildman–Crippen LogP) is 2.17. The van der Waals surface area contributed by atoms with Gasteiger partial charge in [0, 0.05) is 19.5 Å². The first-order valence-corrected chi connectivity index (χ1v) is 6.94. The highest BCUT2D eigenvalue weighted by atomic mass is 16.1. The van der Waals surface area contributed by atoms with Gasteiger partial charge in [-0.2, -0.15) is 0 Å². The Hall–Kier alpha value is -1.65. The van der Waals surface area contributed by atoms with Gasteiger partial charge in [0.1, 0.15) is 5.82 Å². The van der Waals surface area contributed by atoms with Crippen molar-refractivity contribution in [3.63, 3.8) is 0 Å². The molecule has 0 spiro atoms. The molecule has 0 bridgehead atoms. The van der Waals surface area contributed by atoms with Crippen molar-refractivity contribution in [1.29, 1.82) is 0 Å². The summed E-state index contributed by atoms with van der Waals surface area (Å²) in [6.07, 6.45) is 5.41. The molecule has 0 aromatic carbocycles. The molecule has 2 N–H and O–H groups in total. The standard InChI is InChI=1S/C14H22N4O/c1-9(2)13-16-8-11(15-3)12(18-13)14(19)17-7-10-5-4-6-10/h8-10,15H,4-7H2,1-3H3,(H,17,19). The van der Waals surface area contributed by atoms with Crippen LogP contribution in [0.5, 0.6) is 0 Å². The van der Waals surface area contributed by atoms with E-state index >= 15 is 0 Å². The van der Waals surface area contributed by atoms with Gasteiger partial charge in [-0.05, 0) is 18.8 Å². The fourth-order valence-electron chi connectivity index (χ4n) is 2.05. The number of carbonyl (C=O) groups excluding carboxylic acids is 1. The molecule has 0 saturated heterocycles. The lowest BCUT2D eigenvalue weighted by Crippen LogP contribution is -2.33. The van der Waals surface area contributed by atoms with Gasteiger partial charge in [-0.25, -0.2) is 9.97 Å². The smallest absolute Gasteiger partial charge is 0.272 e. The molecule has 0 atom stereocenters. The monoisotopic (exact) mass is 262 g/mol. The van der Waals surface area contributed by atoms with Crippen LogP contribution in [0.1, 0.15) is 55.3 Å². The Balaban J connectivity index is 2.10. The Morgan fingerprint density at radius 3 is 2.74 bits per heavy atom. The van der Waals surface area contributed by atoms with E-state index in [1.807, 2.05) is 13.8 Å². The molecule has 19 heavy (non-hydrogen) atoms. The molecule has 1 amide bonds. The van der Waals surface area contributed by atoms with E-state index in [2.05, 4.69) is 20.6 Å². The van der Waals surface area contributed by atoms with E-state index in [1.54, 1.807) is 13.2 Å². The normalized spacial score (nSPS) is 15.2. The van der Waals surface area contributed by atoms with Crippen LogP contribution in [0, 0.1) is 5.92 Å². The molecule has 1 heterocycles. The summed E-state index contributed by atoms with van der Waals surface area (Å²) in [7, 11) is 1.77. The molecular weight excluding hydrogens is 240 g/mol. The molecule has 1 aliphatic rings.